The third-order valence-corrected chi connectivity index (χ3v) is 2.60. The van der Waals surface area contributed by atoms with Gasteiger partial charge in [-0.3, -0.25) is 4.79 Å². The second kappa shape index (κ2) is 6.35. The number of hydrogen-bond donors (Lipinski definition) is 1. The average molecular weight is 238 g/mol. The van der Waals surface area contributed by atoms with E-state index in [-0.39, 0.29) is 17.8 Å². The molecule has 0 aliphatic rings. The summed E-state index contributed by atoms with van der Waals surface area (Å²) in [5, 5.41) is 0. The topological polar surface area (TPSA) is 46.3 Å². The van der Waals surface area contributed by atoms with Crippen molar-refractivity contribution < 1.29 is 9.18 Å². The summed E-state index contributed by atoms with van der Waals surface area (Å²) in [7, 11) is 1.68. The average Bonchev–Trinajstić information content (AvgIpc) is 2.28. The number of amides is 1. The van der Waals surface area contributed by atoms with E-state index in [1.54, 1.807) is 25.2 Å². The molecule has 0 bridgehead atoms. The van der Waals surface area contributed by atoms with Gasteiger partial charge in [-0.05, 0) is 19.4 Å². The molecular weight excluding hydrogens is 219 g/mol. The lowest BCUT2D eigenvalue weighted by atomic mass is 10.1. The summed E-state index contributed by atoms with van der Waals surface area (Å²) in [5.41, 5.74) is 6.12. The van der Waals surface area contributed by atoms with Gasteiger partial charge in [-0.2, -0.15) is 0 Å². The molecule has 2 N–H and O–H groups in total. The summed E-state index contributed by atoms with van der Waals surface area (Å²) in [6.45, 7) is 2.16. The first-order chi connectivity index (χ1) is 8.00. The van der Waals surface area contributed by atoms with Crippen LogP contribution in [0.2, 0.25) is 0 Å². The summed E-state index contributed by atoms with van der Waals surface area (Å²) >= 11 is 0. The molecule has 1 aromatic carbocycles. The van der Waals surface area contributed by atoms with Crippen molar-refractivity contribution in [1.29, 1.82) is 0 Å². The SMILES string of the molecule is CC(N)CCC(=O)N(C)Cc1ccccc1F. The fourth-order valence-electron chi connectivity index (χ4n) is 1.51. The van der Waals surface area contributed by atoms with Crippen LogP contribution in [0.25, 0.3) is 0 Å². The largest absolute Gasteiger partial charge is 0.341 e. The van der Waals surface area contributed by atoms with E-state index in [1.807, 2.05) is 6.92 Å². The van der Waals surface area contributed by atoms with Gasteiger partial charge in [-0.15, -0.1) is 0 Å². The van der Waals surface area contributed by atoms with Crippen molar-refractivity contribution in [2.75, 3.05) is 7.05 Å². The maximum absolute atomic E-state index is 13.4. The Hall–Kier alpha value is -1.42. The van der Waals surface area contributed by atoms with Crippen LogP contribution in [0.1, 0.15) is 25.3 Å². The molecule has 0 spiro atoms. The molecule has 0 aliphatic carbocycles. The van der Waals surface area contributed by atoms with Crippen LogP contribution in [0.15, 0.2) is 24.3 Å². The molecule has 0 radical (unpaired) electrons. The molecule has 94 valence electrons. The van der Waals surface area contributed by atoms with Crippen LogP contribution in [0.4, 0.5) is 4.39 Å². The number of nitrogens with zero attached hydrogens (tertiary/aromatic N) is 1. The van der Waals surface area contributed by atoms with Crippen molar-refractivity contribution in [3.8, 4) is 0 Å². The molecule has 0 aliphatic heterocycles. The molecule has 4 heteroatoms. The summed E-state index contributed by atoms with van der Waals surface area (Å²) in [6, 6.07) is 6.50. The molecule has 1 rings (SSSR count). The highest BCUT2D eigenvalue weighted by atomic mass is 19.1. The third kappa shape index (κ3) is 4.53. The lowest BCUT2D eigenvalue weighted by Crippen LogP contribution is -2.28. The van der Waals surface area contributed by atoms with E-state index in [0.29, 0.717) is 24.9 Å². The number of rotatable bonds is 5. The summed E-state index contributed by atoms with van der Waals surface area (Å²) < 4.78 is 13.4. The van der Waals surface area contributed by atoms with Gasteiger partial charge in [0.1, 0.15) is 5.82 Å². The zero-order valence-electron chi connectivity index (χ0n) is 10.3. The van der Waals surface area contributed by atoms with E-state index in [0.717, 1.165) is 0 Å². The van der Waals surface area contributed by atoms with Crippen molar-refractivity contribution in [3.63, 3.8) is 0 Å². The minimum Gasteiger partial charge on any atom is -0.341 e. The van der Waals surface area contributed by atoms with Gasteiger partial charge in [0.15, 0.2) is 0 Å². The Balaban J connectivity index is 2.51. The normalized spacial score (nSPS) is 12.2. The van der Waals surface area contributed by atoms with Gasteiger partial charge in [0.2, 0.25) is 5.91 Å². The molecular formula is C13H19FN2O. The molecule has 17 heavy (non-hydrogen) atoms. The first kappa shape index (κ1) is 13.6. The molecule has 1 atom stereocenters. The van der Waals surface area contributed by atoms with Gasteiger partial charge in [0, 0.05) is 31.6 Å². The van der Waals surface area contributed by atoms with Crippen LogP contribution in [-0.4, -0.2) is 23.9 Å². The first-order valence-corrected chi connectivity index (χ1v) is 5.73. The Labute approximate surface area is 101 Å². The van der Waals surface area contributed by atoms with Gasteiger partial charge < -0.3 is 10.6 Å². The minimum absolute atomic E-state index is 0.00875. The molecule has 0 heterocycles. The highest BCUT2D eigenvalue weighted by Gasteiger charge is 2.11. The molecule has 0 saturated carbocycles. The van der Waals surface area contributed by atoms with Crippen LogP contribution in [0.3, 0.4) is 0 Å². The lowest BCUT2D eigenvalue weighted by molar-refractivity contribution is -0.130. The van der Waals surface area contributed by atoms with Crippen molar-refractivity contribution in [2.24, 2.45) is 5.73 Å². The molecule has 0 saturated heterocycles. The van der Waals surface area contributed by atoms with Gasteiger partial charge in [-0.1, -0.05) is 18.2 Å². The first-order valence-electron chi connectivity index (χ1n) is 5.73. The Morgan fingerprint density at radius 3 is 2.71 bits per heavy atom. The Morgan fingerprint density at radius 2 is 2.12 bits per heavy atom. The molecule has 1 aromatic rings. The maximum atomic E-state index is 13.4. The van der Waals surface area contributed by atoms with Crippen molar-refractivity contribution >= 4 is 5.91 Å². The zero-order chi connectivity index (χ0) is 12.8. The minimum atomic E-state index is -0.278. The predicted octanol–water partition coefficient (Wildman–Crippen LogP) is 1.91. The second-order valence-corrected chi connectivity index (χ2v) is 4.36. The Morgan fingerprint density at radius 1 is 1.47 bits per heavy atom. The second-order valence-electron chi connectivity index (χ2n) is 4.36. The third-order valence-electron chi connectivity index (χ3n) is 2.60. The van der Waals surface area contributed by atoms with E-state index in [9.17, 15) is 9.18 Å². The summed E-state index contributed by atoms with van der Waals surface area (Å²) in [6.07, 6.45) is 1.06. The highest BCUT2D eigenvalue weighted by molar-refractivity contribution is 5.75. The van der Waals surface area contributed by atoms with Gasteiger partial charge >= 0.3 is 0 Å². The van der Waals surface area contributed by atoms with Crippen LogP contribution < -0.4 is 5.73 Å². The number of nitrogens with two attached hydrogens (primary N) is 1. The standard InChI is InChI=1S/C13H19FN2O/c1-10(15)7-8-13(17)16(2)9-11-5-3-4-6-12(11)14/h3-6,10H,7-9,15H2,1-2H3. The zero-order valence-corrected chi connectivity index (χ0v) is 10.3. The van der Waals surface area contributed by atoms with Gasteiger partial charge in [-0.25, -0.2) is 4.39 Å². The lowest BCUT2D eigenvalue weighted by Gasteiger charge is -2.18. The molecule has 3 nitrogen and oxygen atoms in total. The van der Waals surface area contributed by atoms with E-state index in [2.05, 4.69) is 0 Å². The van der Waals surface area contributed by atoms with Gasteiger partial charge in [0.25, 0.3) is 0 Å². The summed E-state index contributed by atoms with van der Waals surface area (Å²) in [4.78, 5) is 13.2. The maximum Gasteiger partial charge on any atom is 0.222 e. The summed E-state index contributed by atoms with van der Waals surface area (Å²) in [5.74, 6) is -0.287. The van der Waals surface area contributed by atoms with E-state index < -0.39 is 0 Å². The number of halogens is 1. The quantitative estimate of drug-likeness (QED) is 0.851. The smallest absolute Gasteiger partial charge is 0.222 e. The van der Waals surface area contributed by atoms with Gasteiger partial charge in [0.05, 0.1) is 0 Å². The number of benzene rings is 1. The van der Waals surface area contributed by atoms with Crippen LogP contribution in [0, 0.1) is 5.82 Å². The van der Waals surface area contributed by atoms with Crippen molar-refractivity contribution in [1.82, 2.24) is 4.90 Å². The molecule has 0 fully saturated rings. The fraction of sp³-hybridized carbons (Fsp3) is 0.462. The Kier molecular flexibility index (Phi) is 5.10. The van der Waals surface area contributed by atoms with E-state index in [4.69, 9.17) is 5.73 Å². The Bertz CT molecular complexity index is 379. The van der Waals surface area contributed by atoms with Crippen LogP contribution in [-0.2, 0) is 11.3 Å². The molecule has 1 amide bonds. The fourth-order valence-corrected chi connectivity index (χ4v) is 1.51. The number of hydrogen-bond acceptors (Lipinski definition) is 2. The van der Waals surface area contributed by atoms with E-state index in [1.165, 1.54) is 11.0 Å². The van der Waals surface area contributed by atoms with Crippen molar-refractivity contribution in [3.05, 3.63) is 35.6 Å². The number of carbonyl (C=O) groups excluding carboxylic acids is 1. The van der Waals surface area contributed by atoms with Crippen molar-refractivity contribution in [2.45, 2.75) is 32.4 Å². The van der Waals surface area contributed by atoms with Crippen LogP contribution >= 0.6 is 0 Å². The molecule has 0 aromatic heterocycles. The molecule has 1 unspecified atom stereocenters. The predicted molar refractivity (Wildman–Crippen MR) is 65.8 cm³/mol. The van der Waals surface area contributed by atoms with E-state index >= 15 is 0 Å². The highest BCUT2D eigenvalue weighted by Crippen LogP contribution is 2.10. The monoisotopic (exact) mass is 238 g/mol. The number of carbonyl (C=O) groups is 1. The van der Waals surface area contributed by atoms with Crippen LogP contribution in [0.5, 0.6) is 0 Å².